The fourth-order valence-electron chi connectivity index (χ4n) is 1.86. The Morgan fingerprint density at radius 1 is 1.26 bits per heavy atom. The highest BCUT2D eigenvalue weighted by Gasteiger charge is 2.25. The van der Waals surface area contributed by atoms with E-state index in [4.69, 9.17) is 4.98 Å². The quantitative estimate of drug-likeness (QED) is 0.836. The fraction of sp³-hybridized carbons (Fsp3) is 0.812. The van der Waals surface area contributed by atoms with E-state index in [1.54, 1.807) is 0 Å². The van der Waals surface area contributed by atoms with E-state index in [2.05, 4.69) is 59.2 Å². The number of aromatic nitrogens is 1. The van der Waals surface area contributed by atoms with Gasteiger partial charge >= 0.3 is 0 Å². The van der Waals surface area contributed by atoms with Crippen LogP contribution in [0, 0.1) is 5.41 Å². The van der Waals surface area contributed by atoms with Crippen molar-refractivity contribution in [2.75, 3.05) is 6.54 Å². The molecule has 0 spiro atoms. The predicted octanol–water partition coefficient (Wildman–Crippen LogP) is 4.40. The van der Waals surface area contributed by atoms with E-state index < -0.39 is 0 Å². The van der Waals surface area contributed by atoms with Gasteiger partial charge in [0.15, 0.2) is 0 Å². The second kappa shape index (κ2) is 6.36. The van der Waals surface area contributed by atoms with Crippen molar-refractivity contribution in [1.82, 2.24) is 10.3 Å². The third-order valence-electron chi connectivity index (χ3n) is 3.69. The van der Waals surface area contributed by atoms with Crippen molar-refractivity contribution in [3.05, 3.63) is 16.1 Å². The molecule has 1 aromatic heterocycles. The Morgan fingerprint density at radius 2 is 1.89 bits per heavy atom. The zero-order chi connectivity index (χ0) is 14.7. The van der Waals surface area contributed by atoms with Gasteiger partial charge in [-0.25, -0.2) is 4.98 Å². The summed E-state index contributed by atoms with van der Waals surface area (Å²) >= 11 is 1.81. The van der Waals surface area contributed by atoms with Crippen molar-refractivity contribution in [3.8, 4) is 0 Å². The van der Waals surface area contributed by atoms with Crippen LogP contribution in [-0.4, -0.2) is 17.6 Å². The van der Waals surface area contributed by atoms with E-state index in [9.17, 15) is 0 Å². The Bertz CT molecular complexity index is 390. The highest BCUT2D eigenvalue weighted by atomic mass is 32.1. The van der Waals surface area contributed by atoms with Crippen LogP contribution < -0.4 is 5.32 Å². The van der Waals surface area contributed by atoms with Gasteiger partial charge in [-0.3, -0.25) is 0 Å². The summed E-state index contributed by atoms with van der Waals surface area (Å²) in [6.45, 7) is 16.8. The molecular formula is C16H30N2S. The van der Waals surface area contributed by atoms with E-state index >= 15 is 0 Å². The Labute approximate surface area is 123 Å². The summed E-state index contributed by atoms with van der Waals surface area (Å²) in [5.74, 6) is 0. The van der Waals surface area contributed by atoms with E-state index in [0.29, 0.717) is 11.5 Å². The van der Waals surface area contributed by atoms with E-state index in [1.807, 2.05) is 11.3 Å². The maximum absolute atomic E-state index is 4.83. The first-order valence-corrected chi connectivity index (χ1v) is 8.22. The summed E-state index contributed by atoms with van der Waals surface area (Å²) in [6.07, 6.45) is 2.25. The van der Waals surface area contributed by atoms with Gasteiger partial charge in [-0.15, -0.1) is 11.3 Å². The number of hydrogen-bond acceptors (Lipinski definition) is 3. The summed E-state index contributed by atoms with van der Waals surface area (Å²) in [6, 6.07) is 0.548. The van der Waals surface area contributed by atoms with Crippen LogP contribution >= 0.6 is 11.3 Å². The zero-order valence-electron chi connectivity index (χ0n) is 13.6. The molecule has 1 aromatic rings. The number of hydrogen-bond donors (Lipinski definition) is 1. The molecule has 1 N–H and O–H groups in total. The van der Waals surface area contributed by atoms with Crippen LogP contribution in [0.2, 0.25) is 0 Å². The number of nitrogens with one attached hydrogen (secondary N) is 1. The lowest BCUT2D eigenvalue weighted by Crippen LogP contribution is -2.36. The lowest BCUT2D eigenvalue weighted by molar-refractivity contribution is 0.280. The van der Waals surface area contributed by atoms with Crippen molar-refractivity contribution in [2.45, 2.75) is 72.8 Å². The molecule has 0 saturated carbocycles. The lowest BCUT2D eigenvalue weighted by Gasteiger charge is -2.29. The lowest BCUT2D eigenvalue weighted by atomic mass is 9.84. The Kier molecular flexibility index (Phi) is 5.57. The summed E-state index contributed by atoms with van der Waals surface area (Å²) in [5.41, 5.74) is 1.69. The molecule has 1 atom stereocenters. The Morgan fingerprint density at radius 3 is 2.32 bits per heavy atom. The van der Waals surface area contributed by atoms with Crippen molar-refractivity contribution >= 4 is 11.3 Å². The highest BCUT2D eigenvalue weighted by molar-refractivity contribution is 7.09. The smallest absolute Gasteiger partial charge is 0.0934 e. The molecule has 1 rings (SSSR count). The highest BCUT2D eigenvalue weighted by Crippen LogP contribution is 2.30. The van der Waals surface area contributed by atoms with Crippen LogP contribution in [-0.2, 0) is 11.8 Å². The van der Waals surface area contributed by atoms with E-state index in [-0.39, 0.29) is 5.41 Å². The minimum atomic E-state index is 0.160. The predicted molar refractivity (Wildman–Crippen MR) is 86.1 cm³/mol. The van der Waals surface area contributed by atoms with Gasteiger partial charge in [0.25, 0.3) is 0 Å². The maximum Gasteiger partial charge on any atom is 0.0934 e. The van der Waals surface area contributed by atoms with Gasteiger partial charge in [-0.1, -0.05) is 48.5 Å². The van der Waals surface area contributed by atoms with Crippen molar-refractivity contribution in [1.29, 1.82) is 0 Å². The molecule has 19 heavy (non-hydrogen) atoms. The molecule has 1 unspecified atom stereocenters. The third-order valence-corrected chi connectivity index (χ3v) is 4.54. The maximum atomic E-state index is 4.83. The van der Waals surface area contributed by atoms with Gasteiger partial charge in [0.1, 0.15) is 0 Å². The first kappa shape index (κ1) is 16.6. The normalized spacial score (nSPS) is 15.8. The van der Waals surface area contributed by atoms with Gasteiger partial charge in [0.2, 0.25) is 0 Å². The molecule has 0 saturated heterocycles. The standard InChI is InChI=1S/C16H30N2S/c1-8-16(7,11-17-12(2)3)9-14-18-13(10-19-14)15(4,5)6/h10,12,17H,8-9,11H2,1-7H3. The van der Waals surface area contributed by atoms with Crippen LogP contribution in [0.5, 0.6) is 0 Å². The molecular weight excluding hydrogens is 252 g/mol. The first-order valence-electron chi connectivity index (χ1n) is 7.34. The van der Waals surface area contributed by atoms with Crippen LogP contribution in [0.1, 0.15) is 65.6 Å². The summed E-state index contributed by atoms with van der Waals surface area (Å²) in [7, 11) is 0. The van der Waals surface area contributed by atoms with Crippen LogP contribution in [0.3, 0.4) is 0 Å². The molecule has 0 aliphatic heterocycles. The van der Waals surface area contributed by atoms with E-state index in [0.717, 1.165) is 13.0 Å². The molecule has 110 valence electrons. The van der Waals surface area contributed by atoms with Crippen molar-refractivity contribution < 1.29 is 0 Å². The molecule has 2 nitrogen and oxygen atoms in total. The Balaban J connectivity index is 2.72. The molecule has 0 amide bonds. The number of nitrogens with zero attached hydrogens (tertiary/aromatic N) is 1. The Hall–Kier alpha value is -0.410. The minimum Gasteiger partial charge on any atom is -0.314 e. The average molecular weight is 282 g/mol. The third kappa shape index (κ3) is 5.23. The second-order valence-corrected chi connectivity index (χ2v) is 8.20. The van der Waals surface area contributed by atoms with Crippen molar-refractivity contribution in [3.63, 3.8) is 0 Å². The van der Waals surface area contributed by atoms with E-state index in [1.165, 1.54) is 17.1 Å². The summed E-state index contributed by atoms with van der Waals surface area (Å²) in [4.78, 5) is 4.83. The molecule has 0 aliphatic carbocycles. The molecule has 0 bridgehead atoms. The van der Waals surface area contributed by atoms with Crippen LogP contribution in [0.15, 0.2) is 5.38 Å². The topological polar surface area (TPSA) is 24.9 Å². The molecule has 0 aromatic carbocycles. The largest absolute Gasteiger partial charge is 0.314 e. The SMILES string of the molecule is CCC(C)(CNC(C)C)Cc1nc(C(C)(C)C)cs1. The fourth-order valence-corrected chi connectivity index (χ4v) is 3.10. The molecule has 0 aliphatic rings. The molecule has 1 heterocycles. The zero-order valence-corrected chi connectivity index (χ0v) is 14.4. The van der Waals surface area contributed by atoms with Gasteiger partial charge in [-0.05, 0) is 11.8 Å². The summed E-state index contributed by atoms with van der Waals surface area (Å²) in [5, 5.41) is 7.07. The van der Waals surface area contributed by atoms with Gasteiger partial charge in [-0.2, -0.15) is 0 Å². The van der Waals surface area contributed by atoms with Crippen LogP contribution in [0.4, 0.5) is 0 Å². The van der Waals surface area contributed by atoms with Gasteiger partial charge < -0.3 is 5.32 Å². The monoisotopic (exact) mass is 282 g/mol. The number of rotatable bonds is 6. The minimum absolute atomic E-state index is 0.160. The number of thiazole rings is 1. The molecule has 0 fully saturated rings. The van der Waals surface area contributed by atoms with Crippen molar-refractivity contribution in [2.24, 2.45) is 5.41 Å². The van der Waals surface area contributed by atoms with Gasteiger partial charge in [0.05, 0.1) is 10.7 Å². The molecule has 0 radical (unpaired) electrons. The average Bonchev–Trinajstić information content (AvgIpc) is 2.74. The van der Waals surface area contributed by atoms with Gasteiger partial charge in [0, 0.05) is 29.8 Å². The van der Waals surface area contributed by atoms with Crippen LogP contribution in [0.25, 0.3) is 0 Å². The second-order valence-electron chi connectivity index (χ2n) is 7.25. The first-order chi connectivity index (χ1) is 8.66. The molecule has 3 heteroatoms. The summed E-state index contributed by atoms with van der Waals surface area (Å²) < 4.78 is 0.